The molecule has 0 bridgehead atoms. The summed E-state index contributed by atoms with van der Waals surface area (Å²) >= 11 is 0. The van der Waals surface area contributed by atoms with Crippen molar-refractivity contribution >= 4 is 11.7 Å². The first kappa shape index (κ1) is 15.5. The smallest absolute Gasteiger partial charge is 0.269 e. The van der Waals surface area contributed by atoms with E-state index in [9.17, 15) is 4.79 Å². The molecule has 1 aliphatic heterocycles. The number of H-pyrrole nitrogens is 1. The van der Waals surface area contributed by atoms with Crippen molar-refractivity contribution < 1.29 is 4.79 Å². The zero-order chi connectivity index (χ0) is 16.4. The minimum absolute atomic E-state index is 0.0139. The van der Waals surface area contributed by atoms with Crippen LogP contribution in [0.2, 0.25) is 0 Å². The second kappa shape index (κ2) is 5.98. The molecule has 0 atom stereocenters. The molecular formula is C16H22N6O. The fourth-order valence-electron chi connectivity index (χ4n) is 2.49. The fraction of sp³-hybridized carbons (Fsp3) is 0.500. The predicted molar refractivity (Wildman–Crippen MR) is 87.4 cm³/mol. The number of nitrogens with one attached hydrogen (secondary N) is 2. The van der Waals surface area contributed by atoms with Crippen LogP contribution in [0.4, 0.5) is 5.82 Å². The minimum Gasteiger partial charge on any atom is -0.354 e. The summed E-state index contributed by atoms with van der Waals surface area (Å²) in [6.07, 6.45) is 1.57. The third kappa shape index (κ3) is 3.49. The Bertz CT molecular complexity index is 653. The molecule has 1 aliphatic rings. The van der Waals surface area contributed by atoms with Gasteiger partial charge in [0.1, 0.15) is 5.69 Å². The molecule has 2 N–H and O–H groups in total. The SMILES string of the molecule is CC(C)(C)c1ccc(N2CC(CNC(=O)c3ccn[nH]3)C2)nn1. The van der Waals surface area contributed by atoms with E-state index in [-0.39, 0.29) is 11.3 Å². The number of hydrogen-bond acceptors (Lipinski definition) is 5. The second-order valence-electron chi connectivity index (χ2n) is 6.98. The van der Waals surface area contributed by atoms with Crippen LogP contribution >= 0.6 is 0 Å². The van der Waals surface area contributed by atoms with Crippen LogP contribution < -0.4 is 10.2 Å². The molecule has 7 heteroatoms. The number of aromatic amines is 1. The Kier molecular flexibility index (Phi) is 4.02. The van der Waals surface area contributed by atoms with Crippen LogP contribution in [0, 0.1) is 5.92 Å². The summed E-state index contributed by atoms with van der Waals surface area (Å²) in [6.45, 7) is 8.79. The largest absolute Gasteiger partial charge is 0.354 e. The highest BCUT2D eigenvalue weighted by Gasteiger charge is 2.28. The minimum atomic E-state index is -0.115. The second-order valence-corrected chi connectivity index (χ2v) is 6.98. The summed E-state index contributed by atoms with van der Waals surface area (Å²) in [5.74, 6) is 1.22. The number of amides is 1. The van der Waals surface area contributed by atoms with Crippen molar-refractivity contribution in [2.24, 2.45) is 5.92 Å². The molecule has 0 aliphatic carbocycles. The van der Waals surface area contributed by atoms with E-state index in [1.165, 1.54) is 0 Å². The average molecular weight is 314 g/mol. The van der Waals surface area contributed by atoms with E-state index in [0.717, 1.165) is 24.6 Å². The quantitative estimate of drug-likeness (QED) is 0.890. The van der Waals surface area contributed by atoms with E-state index >= 15 is 0 Å². The van der Waals surface area contributed by atoms with Crippen LogP contribution in [-0.4, -0.2) is 45.9 Å². The first-order chi connectivity index (χ1) is 10.9. The molecule has 1 fully saturated rings. The van der Waals surface area contributed by atoms with Gasteiger partial charge in [0.2, 0.25) is 0 Å². The van der Waals surface area contributed by atoms with Gasteiger partial charge in [-0.2, -0.15) is 10.2 Å². The molecule has 2 aromatic rings. The fourth-order valence-corrected chi connectivity index (χ4v) is 2.49. The van der Waals surface area contributed by atoms with E-state index in [4.69, 9.17) is 0 Å². The number of carbonyl (C=O) groups is 1. The number of carbonyl (C=O) groups excluding carboxylic acids is 1. The molecule has 1 saturated heterocycles. The first-order valence-corrected chi connectivity index (χ1v) is 7.80. The summed E-state index contributed by atoms with van der Waals surface area (Å²) in [4.78, 5) is 14.0. The molecule has 2 aromatic heterocycles. The highest BCUT2D eigenvalue weighted by atomic mass is 16.1. The maximum absolute atomic E-state index is 11.8. The van der Waals surface area contributed by atoms with Gasteiger partial charge in [0, 0.05) is 37.2 Å². The molecule has 0 unspecified atom stereocenters. The van der Waals surface area contributed by atoms with Crippen LogP contribution in [0.1, 0.15) is 37.0 Å². The summed E-state index contributed by atoms with van der Waals surface area (Å²) in [6, 6.07) is 5.72. The van der Waals surface area contributed by atoms with E-state index in [1.54, 1.807) is 12.3 Å². The molecular weight excluding hydrogens is 292 g/mol. The van der Waals surface area contributed by atoms with E-state index in [2.05, 4.69) is 51.4 Å². The third-order valence-corrected chi connectivity index (χ3v) is 4.00. The van der Waals surface area contributed by atoms with E-state index in [1.807, 2.05) is 12.1 Å². The molecule has 0 aromatic carbocycles. The van der Waals surface area contributed by atoms with Crippen molar-refractivity contribution in [3.63, 3.8) is 0 Å². The summed E-state index contributed by atoms with van der Waals surface area (Å²) in [7, 11) is 0. The Morgan fingerprint density at radius 2 is 2.09 bits per heavy atom. The van der Waals surface area contributed by atoms with Gasteiger partial charge in [-0.25, -0.2) is 0 Å². The van der Waals surface area contributed by atoms with Crippen molar-refractivity contribution in [3.8, 4) is 0 Å². The molecule has 7 nitrogen and oxygen atoms in total. The summed E-state index contributed by atoms with van der Waals surface area (Å²) in [5.41, 5.74) is 1.50. The molecule has 3 rings (SSSR count). The number of rotatable bonds is 4. The molecule has 122 valence electrons. The number of hydrogen-bond donors (Lipinski definition) is 2. The van der Waals surface area contributed by atoms with Gasteiger partial charge in [0.25, 0.3) is 5.91 Å². The zero-order valence-electron chi connectivity index (χ0n) is 13.7. The van der Waals surface area contributed by atoms with Gasteiger partial charge < -0.3 is 10.2 Å². The summed E-state index contributed by atoms with van der Waals surface area (Å²) < 4.78 is 0. The zero-order valence-corrected chi connectivity index (χ0v) is 13.7. The molecule has 1 amide bonds. The number of nitrogens with zero attached hydrogens (tertiary/aromatic N) is 4. The van der Waals surface area contributed by atoms with Gasteiger partial charge in [0.15, 0.2) is 5.82 Å². The van der Waals surface area contributed by atoms with Crippen molar-refractivity contribution in [3.05, 3.63) is 35.8 Å². The van der Waals surface area contributed by atoms with Gasteiger partial charge in [-0.05, 0) is 18.2 Å². The Morgan fingerprint density at radius 1 is 1.30 bits per heavy atom. The Labute approximate surface area is 135 Å². The van der Waals surface area contributed by atoms with Crippen molar-refractivity contribution in [2.45, 2.75) is 26.2 Å². The average Bonchev–Trinajstić information content (AvgIpc) is 2.99. The molecule has 3 heterocycles. The number of aromatic nitrogens is 4. The molecule has 23 heavy (non-hydrogen) atoms. The normalized spacial score (nSPS) is 15.3. The number of anilines is 1. The standard InChI is InChI=1S/C16H22N6O/c1-16(2,3)13-4-5-14(21-20-13)22-9-11(10-22)8-17-15(23)12-6-7-18-19-12/h4-7,11H,8-10H2,1-3H3,(H,17,23)(H,18,19). The highest BCUT2D eigenvalue weighted by molar-refractivity contribution is 5.92. The lowest BCUT2D eigenvalue weighted by molar-refractivity contribution is 0.0939. The lowest BCUT2D eigenvalue weighted by Crippen LogP contribution is -2.52. The molecule has 0 saturated carbocycles. The summed E-state index contributed by atoms with van der Waals surface area (Å²) in [5, 5.41) is 18.0. The Morgan fingerprint density at radius 3 is 2.65 bits per heavy atom. The van der Waals surface area contributed by atoms with Gasteiger partial charge in [-0.3, -0.25) is 9.89 Å². The maximum atomic E-state index is 11.8. The maximum Gasteiger partial charge on any atom is 0.269 e. The topological polar surface area (TPSA) is 86.8 Å². The Balaban J connectivity index is 1.46. The molecule has 0 radical (unpaired) electrons. The van der Waals surface area contributed by atoms with Gasteiger partial charge in [-0.1, -0.05) is 20.8 Å². The third-order valence-electron chi connectivity index (χ3n) is 4.00. The molecule has 0 spiro atoms. The van der Waals surface area contributed by atoms with Crippen LogP contribution in [0.5, 0.6) is 0 Å². The van der Waals surface area contributed by atoms with Crippen LogP contribution in [0.25, 0.3) is 0 Å². The predicted octanol–water partition coefficient (Wildman–Crippen LogP) is 1.36. The van der Waals surface area contributed by atoms with Crippen molar-refractivity contribution in [1.29, 1.82) is 0 Å². The van der Waals surface area contributed by atoms with Crippen LogP contribution in [0.15, 0.2) is 24.4 Å². The lowest BCUT2D eigenvalue weighted by Gasteiger charge is -2.40. The first-order valence-electron chi connectivity index (χ1n) is 7.80. The van der Waals surface area contributed by atoms with Gasteiger partial charge in [0.05, 0.1) is 5.69 Å². The van der Waals surface area contributed by atoms with Crippen molar-refractivity contribution in [1.82, 2.24) is 25.7 Å². The van der Waals surface area contributed by atoms with Crippen molar-refractivity contribution in [2.75, 3.05) is 24.5 Å². The van der Waals surface area contributed by atoms with Gasteiger partial charge >= 0.3 is 0 Å². The van der Waals surface area contributed by atoms with Gasteiger partial charge in [-0.15, -0.1) is 5.10 Å². The van der Waals surface area contributed by atoms with E-state index in [0.29, 0.717) is 18.2 Å². The lowest BCUT2D eigenvalue weighted by atomic mass is 9.92. The van der Waals surface area contributed by atoms with E-state index < -0.39 is 0 Å². The van der Waals surface area contributed by atoms with Crippen LogP contribution in [0.3, 0.4) is 0 Å². The highest BCUT2D eigenvalue weighted by Crippen LogP contribution is 2.24. The Hall–Kier alpha value is -2.44. The monoisotopic (exact) mass is 314 g/mol. The van der Waals surface area contributed by atoms with Crippen LogP contribution in [-0.2, 0) is 5.41 Å².